The van der Waals surface area contributed by atoms with E-state index in [1.807, 2.05) is 24.4 Å². The van der Waals surface area contributed by atoms with Gasteiger partial charge >= 0.3 is 0 Å². The highest BCUT2D eigenvalue weighted by molar-refractivity contribution is 7.16. The molecule has 142 valence electrons. The van der Waals surface area contributed by atoms with Crippen molar-refractivity contribution in [2.75, 3.05) is 24.5 Å². The molecule has 0 atom stereocenters. The Hall–Kier alpha value is -2.16. The molecule has 0 bridgehead atoms. The van der Waals surface area contributed by atoms with Crippen molar-refractivity contribution >= 4 is 45.7 Å². The Morgan fingerprint density at radius 2 is 2.15 bits per heavy atom. The zero-order valence-corrected chi connectivity index (χ0v) is 16.3. The number of fused-ring (bicyclic) bond motifs is 1. The van der Waals surface area contributed by atoms with Crippen molar-refractivity contribution in [2.45, 2.75) is 19.4 Å². The lowest BCUT2D eigenvalue weighted by Gasteiger charge is -2.40. The van der Waals surface area contributed by atoms with Crippen LogP contribution in [0.2, 0.25) is 4.34 Å². The van der Waals surface area contributed by atoms with Gasteiger partial charge in [0.05, 0.1) is 21.7 Å². The number of nitrogens with one attached hydrogen (secondary N) is 2. The molecule has 4 N–H and O–H groups in total. The van der Waals surface area contributed by atoms with E-state index in [1.165, 1.54) is 11.3 Å². The van der Waals surface area contributed by atoms with Crippen molar-refractivity contribution in [2.24, 2.45) is 11.1 Å². The molecule has 0 aliphatic carbocycles. The maximum Gasteiger partial charge on any atom is 0.227 e. The molecule has 3 aromatic heterocycles. The Morgan fingerprint density at radius 3 is 2.85 bits per heavy atom. The van der Waals surface area contributed by atoms with Crippen LogP contribution in [-0.4, -0.2) is 40.5 Å². The second kappa shape index (κ2) is 7.46. The fourth-order valence-corrected chi connectivity index (χ4v) is 4.61. The number of carbonyl (C=O) groups is 1. The molecule has 0 radical (unpaired) electrons. The summed E-state index contributed by atoms with van der Waals surface area (Å²) in [6.45, 7) is 2.28. The number of aromatic amines is 1. The predicted octanol–water partition coefficient (Wildman–Crippen LogP) is 2.53. The van der Waals surface area contributed by atoms with E-state index in [-0.39, 0.29) is 5.91 Å². The van der Waals surface area contributed by atoms with Gasteiger partial charge in [0.25, 0.3) is 0 Å². The topological polar surface area (TPSA) is 99.9 Å². The maximum atomic E-state index is 12.9. The highest BCUT2D eigenvalue weighted by Gasteiger charge is 2.40. The molecule has 3 aromatic rings. The SMILES string of the molecule is NCC1(C(=O)NCc2ccc(Cl)s2)CCN(c2ncnc3[nH]ccc23)CC1. The number of rotatable bonds is 5. The molecule has 0 aromatic carbocycles. The van der Waals surface area contributed by atoms with Gasteiger partial charge in [0.2, 0.25) is 5.91 Å². The minimum Gasteiger partial charge on any atom is -0.356 e. The molecule has 1 amide bonds. The fourth-order valence-electron chi connectivity index (χ4n) is 3.58. The first-order valence-corrected chi connectivity index (χ1v) is 10.1. The van der Waals surface area contributed by atoms with Crippen LogP contribution in [0.1, 0.15) is 17.7 Å². The molecule has 4 heterocycles. The highest BCUT2D eigenvalue weighted by Crippen LogP contribution is 2.34. The molecule has 27 heavy (non-hydrogen) atoms. The van der Waals surface area contributed by atoms with Gasteiger partial charge in [-0.3, -0.25) is 4.79 Å². The van der Waals surface area contributed by atoms with Crippen LogP contribution in [0.25, 0.3) is 11.0 Å². The van der Waals surface area contributed by atoms with Crippen LogP contribution in [-0.2, 0) is 11.3 Å². The predicted molar refractivity (Wildman–Crippen MR) is 108 cm³/mol. The molecule has 0 unspecified atom stereocenters. The van der Waals surface area contributed by atoms with Crippen molar-refractivity contribution < 1.29 is 4.79 Å². The van der Waals surface area contributed by atoms with Crippen LogP contribution >= 0.6 is 22.9 Å². The van der Waals surface area contributed by atoms with Crippen LogP contribution in [0.5, 0.6) is 0 Å². The number of aromatic nitrogens is 3. The van der Waals surface area contributed by atoms with Crippen LogP contribution in [0.15, 0.2) is 30.7 Å². The van der Waals surface area contributed by atoms with Gasteiger partial charge in [-0.1, -0.05) is 11.6 Å². The number of anilines is 1. The van der Waals surface area contributed by atoms with Crippen LogP contribution < -0.4 is 16.0 Å². The van der Waals surface area contributed by atoms with Crippen molar-refractivity contribution in [1.29, 1.82) is 0 Å². The van der Waals surface area contributed by atoms with E-state index in [2.05, 4.69) is 25.2 Å². The first-order valence-electron chi connectivity index (χ1n) is 8.87. The third-order valence-corrected chi connectivity index (χ3v) is 6.51. The standard InChI is InChI=1S/C18H21ClN6OS/c19-14-2-1-12(27-14)9-22-17(26)18(10-20)4-7-25(8-5-18)16-13-3-6-21-15(13)23-11-24-16/h1-3,6,11H,4-5,7-10,20H2,(H,22,26)(H,21,23,24). The molecule has 1 saturated heterocycles. The number of H-pyrrole nitrogens is 1. The summed E-state index contributed by atoms with van der Waals surface area (Å²) in [7, 11) is 0. The lowest BCUT2D eigenvalue weighted by atomic mass is 9.77. The number of piperidine rings is 1. The maximum absolute atomic E-state index is 12.9. The second-order valence-electron chi connectivity index (χ2n) is 6.80. The molecular formula is C18H21ClN6OS. The van der Waals surface area contributed by atoms with Crippen molar-refractivity contribution in [3.05, 3.63) is 39.9 Å². The zero-order valence-electron chi connectivity index (χ0n) is 14.7. The number of hydrogen-bond acceptors (Lipinski definition) is 6. The number of thiophene rings is 1. The minimum atomic E-state index is -0.540. The Balaban J connectivity index is 1.43. The molecule has 0 spiro atoms. The van der Waals surface area contributed by atoms with E-state index in [4.69, 9.17) is 17.3 Å². The van der Waals surface area contributed by atoms with Gasteiger partial charge in [0, 0.05) is 30.7 Å². The molecule has 1 fully saturated rings. The summed E-state index contributed by atoms with van der Waals surface area (Å²) < 4.78 is 0.724. The molecule has 7 nitrogen and oxygen atoms in total. The normalized spacial score (nSPS) is 16.6. The van der Waals surface area contributed by atoms with Gasteiger partial charge < -0.3 is 20.9 Å². The summed E-state index contributed by atoms with van der Waals surface area (Å²) in [6, 6.07) is 5.75. The summed E-state index contributed by atoms with van der Waals surface area (Å²) in [6.07, 6.45) is 4.81. The highest BCUT2D eigenvalue weighted by atomic mass is 35.5. The van der Waals surface area contributed by atoms with E-state index in [0.29, 0.717) is 25.9 Å². The number of halogens is 1. The Morgan fingerprint density at radius 1 is 1.33 bits per heavy atom. The van der Waals surface area contributed by atoms with Crippen LogP contribution in [0, 0.1) is 5.41 Å². The van der Waals surface area contributed by atoms with Crippen molar-refractivity contribution in [3.63, 3.8) is 0 Å². The smallest absolute Gasteiger partial charge is 0.227 e. The molecular weight excluding hydrogens is 384 g/mol. The summed E-state index contributed by atoms with van der Waals surface area (Å²) in [5.41, 5.74) is 6.32. The van der Waals surface area contributed by atoms with E-state index in [9.17, 15) is 4.79 Å². The van der Waals surface area contributed by atoms with Crippen LogP contribution in [0.3, 0.4) is 0 Å². The Labute approximate surface area is 165 Å². The number of nitrogens with zero attached hydrogens (tertiary/aromatic N) is 3. The number of hydrogen-bond donors (Lipinski definition) is 3. The average Bonchev–Trinajstić information content (AvgIpc) is 3.34. The van der Waals surface area contributed by atoms with Gasteiger partial charge in [-0.15, -0.1) is 11.3 Å². The van der Waals surface area contributed by atoms with Crippen molar-refractivity contribution in [3.8, 4) is 0 Å². The van der Waals surface area contributed by atoms with Gasteiger partial charge in [0.1, 0.15) is 17.8 Å². The molecule has 0 saturated carbocycles. The first-order chi connectivity index (χ1) is 13.1. The summed E-state index contributed by atoms with van der Waals surface area (Å²) in [5.74, 6) is 0.921. The molecule has 4 rings (SSSR count). The Kier molecular flexibility index (Phi) is 5.03. The zero-order chi connectivity index (χ0) is 18.9. The molecule has 9 heteroatoms. The molecule has 1 aliphatic rings. The van der Waals surface area contributed by atoms with Gasteiger partial charge in [0.15, 0.2) is 0 Å². The fraction of sp³-hybridized carbons (Fsp3) is 0.389. The van der Waals surface area contributed by atoms with Crippen LogP contribution in [0.4, 0.5) is 5.82 Å². The lowest BCUT2D eigenvalue weighted by molar-refractivity contribution is -0.131. The van der Waals surface area contributed by atoms with Crippen molar-refractivity contribution in [1.82, 2.24) is 20.3 Å². The largest absolute Gasteiger partial charge is 0.356 e. The molecule has 1 aliphatic heterocycles. The van der Waals surface area contributed by atoms with Gasteiger partial charge in [-0.05, 0) is 31.0 Å². The quantitative estimate of drug-likeness (QED) is 0.606. The van der Waals surface area contributed by atoms with Gasteiger partial charge in [-0.2, -0.15) is 0 Å². The monoisotopic (exact) mass is 404 g/mol. The van der Waals surface area contributed by atoms with Gasteiger partial charge in [-0.25, -0.2) is 9.97 Å². The number of nitrogens with two attached hydrogens (primary N) is 1. The van der Waals surface area contributed by atoms with E-state index >= 15 is 0 Å². The summed E-state index contributed by atoms with van der Waals surface area (Å²) in [5, 5.41) is 4.03. The first kappa shape index (κ1) is 18.2. The second-order valence-corrected chi connectivity index (χ2v) is 8.60. The van der Waals surface area contributed by atoms with E-state index < -0.39 is 5.41 Å². The van der Waals surface area contributed by atoms with E-state index in [0.717, 1.165) is 39.2 Å². The average molecular weight is 405 g/mol. The summed E-state index contributed by atoms with van der Waals surface area (Å²) in [4.78, 5) is 27.9. The Bertz CT molecular complexity index is 946. The minimum absolute atomic E-state index is 0.0173. The van der Waals surface area contributed by atoms with E-state index in [1.54, 1.807) is 6.33 Å². The number of amides is 1. The number of carbonyl (C=O) groups excluding carboxylic acids is 1. The third-order valence-electron chi connectivity index (χ3n) is 5.28. The lowest BCUT2D eigenvalue weighted by Crippen LogP contribution is -2.52. The third kappa shape index (κ3) is 3.52. The summed E-state index contributed by atoms with van der Waals surface area (Å²) >= 11 is 7.43.